The Morgan fingerprint density at radius 1 is 0.358 bits per heavy atom. The van der Waals surface area contributed by atoms with Gasteiger partial charge in [-0.2, -0.15) is 0 Å². The van der Waals surface area contributed by atoms with Crippen LogP contribution in [0.4, 0.5) is 0 Å². The maximum Gasteiger partial charge on any atom is 0.0972 e. The van der Waals surface area contributed by atoms with Crippen LogP contribution in [0.1, 0.15) is 0 Å². The monoisotopic (exact) mass is 692 g/mol. The third-order valence-electron chi connectivity index (χ3n) is 10.1. The van der Waals surface area contributed by atoms with E-state index in [0.29, 0.717) is 0 Å². The number of pyridine rings is 2. The van der Waals surface area contributed by atoms with Crippen molar-refractivity contribution < 1.29 is 0 Å². The van der Waals surface area contributed by atoms with E-state index >= 15 is 0 Å². The summed E-state index contributed by atoms with van der Waals surface area (Å²) in [6.07, 6.45) is 1.85. The zero-order chi connectivity index (χ0) is 35.1. The highest BCUT2D eigenvalue weighted by Crippen LogP contribution is 2.52. The van der Waals surface area contributed by atoms with Crippen molar-refractivity contribution in [2.75, 3.05) is 0 Å². The highest BCUT2D eigenvalue weighted by atomic mass is 32.1. The van der Waals surface area contributed by atoms with Crippen molar-refractivity contribution >= 4 is 43.9 Å². The molecule has 0 fully saturated rings. The fraction of sp³-hybridized carbons (Fsp3) is 0. The molecule has 0 atom stereocenters. The van der Waals surface area contributed by atoms with E-state index in [-0.39, 0.29) is 0 Å². The minimum absolute atomic E-state index is 0.927. The van der Waals surface area contributed by atoms with E-state index in [1.54, 1.807) is 0 Å². The van der Waals surface area contributed by atoms with E-state index in [4.69, 9.17) is 9.97 Å². The molecule has 10 rings (SSSR count). The molecule has 3 heteroatoms. The Labute approximate surface area is 312 Å². The lowest BCUT2D eigenvalue weighted by Gasteiger charge is -2.14. The summed E-state index contributed by atoms with van der Waals surface area (Å²) in [6, 6.07) is 67.4. The van der Waals surface area contributed by atoms with Crippen molar-refractivity contribution in [1.29, 1.82) is 0 Å². The molecule has 248 valence electrons. The van der Waals surface area contributed by atoms with Gasteiger partial charge in [-0.3, -0.25) is 4.98 Å². The Bertz CT molecular complexity index is 2930. The fourth-order valence-corrected chi connectivity index (χ4v) is 9.01. The standard InChI is InChI=1S/C50H32N2S/c1-4-14-33(15-5-1)45-46(34-16-6-2-7-17-34)50(53-49(45)37-18-8-3-9-19-37)39-21-12-20-38(32-39)40-28-29-43(42-24-11-10-23-41(40)42)44-30-27-36-26-25-35-22-13-31-51-47(35)48(36)52-44/h1-32H. The van der Waals surface area contributed by atoms with Crippen molar-refractivity contribution in [3.8, 4) is 65.5 Å². The Morgan fingerprint density at radius 2 is 0.887 bits per heavy atom. The molecule has 0 amide bonds. The zero-order valence-electron chi connectivity index (χ0n) is 28.8. The molecule has 0 N–H and O–H groups in total. The molecule has 53 heavy (non-hydrogen) atoms. The molecule has 0 saturated carbocycles. The molecule has 10 aromatic rings. The first-order valence-corrected chi connectivity index (χ1v) is 18.7. The van der Waals surface area contributed by atoms with Gasteiger partial charge < -0.3 is 0 Å². The average molecular weight is 693 g/mol. The van der Waals surface area contributed by atoms with E-state index < -0.39 is 0 Å². The van der Waals surface area contributed by atoms with Crippen LogP contribution < -0.4 is 0 Å². The van der Waals surface area contributed by atoms with Crippen molar-refractivity contribution in [3.63, 3.8) is 0 Å². The lowest BCUT2D eigenvalue weighted by Crippen LogP contribution is -1.91. The predicted molar refractivity (Wildman–Crippen MR) is 225 cm³/mol. The highest BCUT2D eigenvalue weighted by molar-refractivity contribution is 7.20. The van der Waals surface area contributed by atoms with Gasteiger partial charge in [-0.15, -0.1) is 11.3 Å². The Hall–Kier alpha value is -6.68. The largest absolute Gasteiger partial charge is 0.254 e. The van der Waals surface area contributed by atoms with Gasteiger partial charge in [0.25, 0.3) is 0 Å². The summed E-state index contributed by atoms with van der Waals surface area (Å²) in [5.74, 6) is 0. The molecule has 0 unspecified atom stereocenters. The minimum atomic E-state index is 0.927. The van der Waals surface area contributed by atoms with E-state index in [0.717, 1.165) is 33.1 Å². The average Bonchev–Trinajstić information content (AvgIpc) is 3.65. The quantitative estimate of drug-likeness (QED) is 0.162. The molecular formula is C50H32N2S. The number of hydrogen-bond acceptors (Lipinski definition) is 3. The van der Waals surface area contributed by atoms with E-state index in [2.05, 4.69) is 182 Å². The lowest BCUT2D eigenvalue weighted by atomic mass is 9.90. The molecule has 0 bridgehead atoms. The molecule has 0 spiro atoms. The predicted octanol–water partition coefficient (Wildman–Crippen LogP) is 14.0. The van der Waals surface area contributed by atoms with E-state index in [1.165, 1.54) is 65.0 Å². The minimum Gasteiger partial charge on any atom is -0.254 e. The van der Waals surface area contributed by atoms with Gasteiger partial charge in [-0.1, -0.05) is 170 Å². The summed E-state index contributed by atoms with van der Waals surface area (Å²) >= 11 is 1.88. The summed E-state index contributed by atoms with van der Waals surface area (Å²) in [5, 5.41) is 4.56. The molecule has 0 radical (unpaired) electrons. The van der Waals surface area contributed by atoms with Crippen LogP contribution in [0, 0.1) is 0 Å². The molecule has 2 nitrogen and oxygen atoms in total. The smallest absolute Gasteiger partial charge is 0.0972 e. The van der Waals surface area contributed by atoms with Crippen LogP contribution in [0.25, 0.3) is 98.1 Å². The molecule has 7 aromatic carbocycles. The number of nitrogens with zero attached hydrogens (tertiary/aromatic N) is 2. The second-order valence-electron chi connectivity index (χ2n) is 13.3. The third kappa shape index (κ3) is 5.50. The molecule has 3 heterocycles. The van der Waals surface area contributed by atoms with Gasteiger partial charge >= 0.3 is 0 Å². The third-order valence-corrected chi connectivity index (χ3v) is 11.4. The summed E-state index contributed by atoms with van der Waals surface area (Å²) in [5.41, 5.74) is 13.7. The van der Waals surface area contributed by atoms with Crippen molar-refractivity contribution in [2.24, 2.45) is 0 Å². The number of rotatable bonds is 6. The van der Waals surface area contributed by atoms with Crippen LogP contribution in [0.5, 0.6) is 0 Å². The number of benzene rings is 7. The van der Waals surface area contributed by atoms with Crippen LogP contribution in [0.15, 0.2) is 194 Å². The number of aromatic nitrogens is 2. The fourth-order valence-electron chi connectivity index (χ4n) is 7.66. The molecule has 3 aromatic heterocycles. The maximum absolute atomic E-state index is 5.22. The second kappa shape index (κ2) is 13.1. The van der Waals surface area contributed by atoms with Crippen LogP contribution in [0.2, 0.25) is 0 Å². The maximum atomic E-state index is 5.22. The van der Waals surface area contributed by atoms with Crippen LogP contribution in [0.3, 0.4) is 0 Å². The Balaban J connectivity index is 1.15. The zero-order valence-corrected chi connectivity index (χ0v) is 29.6. The number of hydrogen-bond donors (Lipinski definition) is 0. The van der Waals surface area contributed by atoms with Gasteiger partial charge in [0.2, 0.25) is 0 Å². The van der Waals surface area contributed by atoms with Gasteiger partial charge in [-0.25, -0.2) is 4.98 Å². The van der Waals surface area contributed by atoms with Crippen LogP contribution in [-0.4, -0.2) is 9.97 Å². The SMILES string of the molecule is c1ccc(-c2sc(-c3cccc(-c4ccc(-c5ccc6ccc7cccnc7c6n5)c5ccccc45)c3)c(-c3ccccc3)c2-c2ccccc2)cc1. The molecule has 0 saturated heterocycles. The van der Waals surface area contributed by atoms with Crippen molar-refractivity contribution in [2.45, 2.75) is 0 Å². The van der Waals surface area contributed by atoms with Gasteiger partial charge in [0.05, 0.1) is 16.7 Å². The molecule has 0 aliphatic rings. The summed E-state index contributed by atoms with van der Waals surface area (Å²) in [7, 11) is 0. The molecule has 0 aliphatic carbocycles. The van der Waals surface area contributed by atoms with Crippen molar-refractivity contribution in [1.82, 2.24) is 9.97 Å². The highest BCUT2D eigenvalue weighted by Gasteiger charge is 2.23. The first-order chi connectivity index (χ1) is 26.3. The van der Waals surface area contributed by atoms with Crippen molar-refractivity contribution in [3.05, 3.63) is 194 Å². The number of thiophene rings is 1. The first-order valence-electron chi connectivity index (χ1n) is 17.9. The molecule has 0 aliphatic heterocycles. The topological polar surface area (TPSA) is 25.8 Å². The van der Waals surface area contributed by atoms with E-state index in [1.807, 2.05) is 23.6 Å². The summed E-state index contributed by atoms with van der Waals surface area (Å²) < 4.78 is 0. The normalized spacial score (nSPS) is 11.4. The van der Waals surface area contributed by atoms with Gasteiger partial charge in [0.15, 0.2) is 0 Å². The van der Waals surface area contributed by atoms with Gasteiger partial charge in [0, 0.05) is 43.4 Å². The summed E-state index contributed by atoms with van der Waals surface area (Å²) in [4.78, 5) is 12.5. The molecular weight excluding hydrogens is 661 g/mol. The summed E-state index contributed by atoms with van der Waals surface area (Å²) in [6.45, 7) is 0. The lowest BCUT2D eigenvalue weighted by molar-refractivity contribution is 1.37. The van der Waals surface area contributed by atoms with Crippen LogP contribution >= 0.6 is 11.3 Å². The Morgan fingerprint density at radius 3 is 1.58 bits per heavy atom. The van der Waals surface area contributed by atoms with Gasteiger partial charge in [-0.05, 0) is 62.4 Å². The van der Waals surface area contributed by atoms with Gasteiger partial charge in [0.1, 0.15) is 0 Å². The Kier molecular flexibility index (Phi) is 7.71. The first kappa shape index (κ1) is 31.1. The van der Waals surface area contributed by atoms with Crippen LogP contribution in [-0.2, 0) is 0 Å². The second-order valence-corrected chi connectivity index (χ2v) is 14.3. The van der Waals surface area contributed by atoms with E-state index in [9.17, 15) is 0 Å². The number of fused-ring (bicyclic) bond motifs is 4.